The maximum absolute atomic E-state index is 12.4. The Bertz CT molecular complexity index is 516. The zero-order valence-corrected chi connectivity index (χ0v) is 10.5. The van der Waals surface area contributed by atoms with Crippen molar-refractivity contribution in [3.8, 4) is 0 Å². The van der Waals surface area contributed by atoms with Crippen LogP contribution in [0.2, 0.25) is 0 Å². The Hall–Kier alpha value is -1.76. The van der Waals surface area contributed by atoms with E-state index in [0.717, 1.165) is 0 Å². The van der Waals surface area contributed by atoms with Crippen LogP contribution in [0, 0.1) is 0 Å². The van der Waals surface area contributed by atoms with Crippen molar-refractivity contribution in [1.29, 1.82) is 0 Å². The summed E-state index contributed by atoms with van der Waals surface area (Å²) < 4.78 is 37.3. The lowest BCUT2D eigenvalue weighted by molar-refractivity contribution is -0.200. The van der Waals surface area contributed by atoms with E-state index in [9.17, 15) is 18.0 Å². The molecule has 1 unspecified atom stereocenters. The number of carboxylic acid groups (broad SMARTS) is 1. The van der Waals surface area contributed by atoms with Crippen LogP contribution in [0.3, 0.4) is 0 Å². The Balaban J connectivity index is 2.29. The summed E-state index contributed by atoms with van der Waals surface area (Å²) in [6.45, 7) is -0.219. The first kappa shape index (κ1) is 14.6. The maximum atomic E-state index is 12.4. The molecular formula is C13H14F3NO3. The van der Waals surface area contributed by atoms with Gasteiger partial charge in [-0.05, 0) is 30.5 Å². The Morgan fingerprint density at radius 2 is 2.10 bits per heavy atom. The monoisotopic (exact) mass is 289 g/mol. The minimum atomic E-state index is -4.68. The second kappa shape index (κ2) is 5.32. The Morgan fingerprint density at radius 3 is 2.70 bits per heavy atom. The number of anilines is 1. The fourth-order valence-corrected chi connectivity index (χ4v) is 2.40. The smallest absolute Gasteiger partial charge is 0.416 e. The van der Waals surface area contributed by atoms with Crippen molar-refractivity contribution in [2.45, 2.75) is 25.1 Å². The molecular weight excluding hydrogens is 275 g/mol. The predicted octanol–water partition coefficient (Wildman–Crippen LogP) is 2.06. The molecule has 0 amide bonds. The number of carboxylic acids is 1. The van der Waals surface area contributed by atoms with Crippen molar-refractivity contribution in [1.82, 2.24) is 0 Å². The van der Waals surface area contributed by atoms with Crippen LogP contribution in [0.5, 0.6) is 0 Å². The van der Waals surface area contributed by atoms with E-state index in [1.807, 2.05) is 0 Å². The molecule has 110 valence electrons. The number of alkyl halides is 3. The molecule has 2 N–H and O–H groups in total. The number of fused-ring (bicyclic) bond motifs is 1. The molecule has 0 radical (unpaired) electrons. The molecule has 2 rings (SSSR count). The molecule has 0 bridgehead atoms. The van der Waals surface area contributed by atoms with Gasteiger partial charge in [0.1, 0.15) is 0 Å². The SMILES string of the molecule is O=C(O)c1cccc2c1CCCN2CC(O)C(F)(F)F. The van der Waals surface area contributed by atoms with Gasteiger partial charge in [0.15, 0.2) is 6.10 Å². The first-order valence-corrected chi connectivity index (χ1v) is 6.15. The molecule has 0 fully saturated rings. The summed E-state index contributed by atoms with van der Waals surface area (Å²) in [5.41, 5.74) is 1.09. The van der Waals surface area contributed by atoms with Crippen molar-refractivity contribution in [2.75, 3.05) is 18.0 Å². The van der Waals surface area contributed by atoms with Gasteiger partial charge >= 0.3 is 12.1 Å². The first-order chi connectivity index (χ1) is 9.30. The average molecular weight is 289 g/mol. The number of rotatable bonds is 3. The van der Waals surface area contributed by atoms with Crippen LogP contribution in [0.1, 0.15) is 22.3 Å². The highest BCUT2D eigenvalue weighted by Gasteiger charge is 2.39. The summed E-state index contributed by atoms with van der Waals surface area (Å²) in [4.78, 5) is 12.5. The second-order valence-electron chi connectivity index (χ2n) is 4.72. The highest BCUT2D eigenvalue weighted by molar-refractivity contribution is 5.91. The standard InChI is InChI=1S/C13H14F3NO3/c14-13(15,16)11(18)7-17-6-2-4-8-9(12(19)20)3-1-5-10(8)17/h1,3,5,11,18H,2,4,6-7H2,(H,19,20). The van der Waals surface area contributed by atoms with E-state index >= 15 is 0 Å². The topological polar surface area (TPSA) is 60.8 Å². The molecule has 1 aliphatic heterocycles. The number of halogens is 3. The largest absolute Gasteiger partial charge is 0.478 e. The molecule has 1 aromatic rings. The lowest BCUT2D eigenvalue weighted by Crippen LogP contribution is -2.43. The number of benzene rings is 1. The molecule has 0 saturated carbocycles. The summed E-state index contributed by atoms with van der Waals surface area (Å²) in [6, 6.07) is 4.52. The molecule has 0 saturated heterocycles. The molecule has 4 nitrogen and oxygen atoms in total. The van der Waals surface area contributed by atoms with Gasteiger partial charge < -0.3 is 15.1 Å². The Kier molecular flexibility index (Phi) is 3.89. The minimum Gasteiger partial charge on any atom is -0.478 e. The highest BCUT2D eigenvalue weighted by atomic mass is 19.4. The van der Waals surface area contributed by atoms with Gasteiger partial charge in [0.25, 0.3) is 0 Å². The first-order valence-electron chi connectivity index (χ1n) is 6.15. The van der Waals surface area contributed by atoms with Crippen molar-refractivity contribution in [2.24, 2.45) is 0 Å². The van der Waals surface area contributed by atoms with Crippen molar-refractivity contribution < 1.29 is 28.2 Å². The zero-order chi connectivity index (χ0) is 14.9. The minimum absolute atomic E-state index is 0.105. The van der Waals surface area contributed by atoms with Gasteiger partial charge in [0.2, 0.25) is 0 Å². The van der Waals surface area contributed by atoms with E-state index in [1.54, 1.807) is 6.07 Å². The van der Waals surface area contributed by atoms with Gasteiger partial charge in [-0.3, -0.25) is 0 Å². The number of nitrogens with zero attached hydrogens (tertiary/aromatic N) is 1. The number of aliphatic hydroxyl groups is 1. The zero-order valence-electron chi connectivity index (χ0n) is 10.5. The van der Waals surface area contributed by atoms with E-state index in [-0.39, 0.29) is 5.56 Å². The van der Waals surface area contributed by atoms with E-state index in [1.165, 1.54) is 17.0 Å². The van der Waals surface area contributed by atoms with Gasteiger partial charge in [-0.25, -0.2) is 4.79 Å². The summed E-state index contributed by atoms with van der Waals surface area (Å²) in [6.07, 6.45) is -6.05. The van der Waals surface area contributed by atoms with Crippen molar-refractivity contribution in [3.05, 3.63) is 29.3 Å². The highest BCUT2D eigenvalue weighted by Crippen LogP contribution is 2.31. The van der Waals surface area contributed by atoms with Crippen LogP contribution in [-0.2, 0) is 6.42 Å². The molecule has 1 atom stereocenters. The molecule has 20 heavy (non-hydrogen) atoms. The summed E-state index contributed by atoms with van der Waals surface area (Å²) >= 11 is 0. The van der Waals surface area contributed by atoms with Gasteiger partial charge in [-0.2, -0.15) is 13.2 Å². The van der Waals surface area contributed by atoms with Crippen LogP contribution in [-0.4, -0.2) is 41.6 Å². The normalized spacial score (nSPS) is 16.7. The summed E-state index contributed by atoms with van der Waals surface area (Å²) in [7, 11) is 0. The summed E-state index contributed by atoms with van der Waals surface area (Å²) in [5.74, 6) is -1.10. The van der Waals surface area contributed by atoms with Gasteiger partial charge in [-0.1, -0.05) is 6.07 Å². The third-order valence-corrected chi connectivity index (χ3v) is 3.35. The molecule has 1 aliphatic rings. The van der Waals surface area contributed by atoms with Gasteiger partial charge in [-0.15, -0.1) is 0 Å². The average Bonchev–Trinajstić information content (AvgIpc) is 2.37. The van der Waals surface area contributed by atoms with Crippen LogP contribution in [0.4, 0.5) is 18.9 Å². The van der Waals surface area contributed by atoms with E-state index in [2.05, 4.69) is 0 Å². The van der Waals surface area contributed by atoms with Crippen LogP contribution in [0.15, 0.2) is 18.2 Å². The lowest BCUT2D eigenvalue weighted by Gasteiger charge is -2.33. The van der Waals surface area contributed by atoms with Gasteiger partial charge in [0, 0.05) is 12.2 Å². The van der Waals surface area contributed by atoms with Gasteiger partial charge in [0.05, 0.1) is 12.1 Å². The molecule has 1 aromatic carbocycles. The fraction of sp³-hybridized carbons (Fsp3) is 0.462. The number of hydrogen-bond acceptors (Lipinski definition) is 3. The van der Waals surface area contributed by atoms with Crippen molar-refractivity contribution in [3.63, 3.8) is 0 Å². The number of carbonyl (C=O) groups is 1. The third-order valence-electron chi connectivity index (χ3n) is 3.35. The lowest BCUT2D eigenvalue weighted by atomic mass is 9.96. The van der Waals surface area contributed by atoms with E-state index < -0.39 is 24.8 Å². The van der Waals surface area contributed by atoms with Crippen LogP contribution in [0.25, 0.3) is 0 Å². The third kappa shape index (κ3) is 2.87. The molecule has 1 heterocycles. The van der Waals surface area contributed by atoms with Crippen LogP contribution < -0.4 is 4.90 Å². The number of hydrogen-bond donors (Lipinski definition) is 2. The molecule has 0 aliphatic carbocycles. The number of aliphatic hydroxyl groups excluding tert-OH is 1. The second-order valence-corrected chi connectivity index (χ2v) is 4.72. The maximum Gasteiger partial charge on any atom is 0.416 e. The Morgan fingerprint density at radius 1 is 1.40 bits per heavy atom. The number of β-amino-alcohol motifs (C(OH)–C–C–N with tert-alkyl or cyclic N) is 1. The van der Waals surface area contributed by atoms with Crippen LogP contribution >= 0.6 is 0 Å². The molecule has 0 aromatic heterocycles. The fourth-order valence-electron chi connectivity index (χ4n) is 2.40. The summed E-state index contributed by atoms with van der Waals surface area (Å²) in [5, 5.41) is 18.2. The van der Waals surface area contributed by atoms with E-state index in [0.29, 0.717) is 30.6 Å². The molecule has 7 heteroatoms. The van der Waals surface area contributed by atoms with E-state index in [4.69, 9.17) is 10.2 Å². The predicted molar refractivity (Wildman–Crippen MR) is 66.0 cm³/mol. The van der Waals surface area contributed by atoms with Crippen molar-refractivity contribution >= 4 is 11.7 Å². The molecule has 0 spiro atoms. The number of aromatic carboxylic acids is 1. The Labute approximate surface area is 113 Å². The quantitative estimate of drug-likeness (QED) is 0.894.